The van der Waals surface area contributed by atoms with E-state index in [0.29, 0.717) is 12.0 Å². The number of aromatic nitrogens is 2. The van der Waals surface area contributed by atoms with Gasteiger partial charge in [0.25, 0.3) is 0 Å². The average Bonchev–Trinajstić information content (AvgIpc) is 2.73. The van der Waals surface area contributed by atoms with Gasteiger partial charge >= 0.3 is 0 Å². The van der Waals surface area contributed by atoms with E-state index in [9.17, 15) is 0 Å². The number of aryl methyl sites for hydroxylation is 1. The molecule has 0 radical (unpaired) electrons. The third-order valence-electron chi connectivity index (χ3n) is 4.66. The van der Waals surface area contributed by atoms with Crippen molar-refractivity contribution in [3.8, 4) is 0 Å². The molecule has 0 aromatic carbocycles. The number of rotatable bonds is 4. The van der Waals surface area contributed by atoms with Gasteiger partial charge in [-0.2, -0.15) is 5.10 Å². The van der Waals surface area contributed by atoms with Crippen molar-refractivity contribution in [2.24, 2.45) is 18.2 Å². The van der Waals surface area contributed by atoms with Gasteiger partial charge in [-0.1, -0.05) is 20.3 Å². The Morgan fingerprint density at radius 1 is 1.39 bits per heavy atom. The van der Waals surface area contributed by atoms with Crippen molar-refractivity contribution in [2.75, 3.05) is 13.1 Å². The van der Waals surface area contributed by atoms with E-state index in [1.165, 1.54) is 43.6 Å². The molecule has 102 valence electrons. The largest absolute Gasteiger partial charge is 0.326 e. The van der Waals surface area contributed by atoms with E-state index in [2.05, 4.69) is 23.8 Å². The lowest BCUT2D eigenvalue weighted by atomic mass is 9.78. The zero-order chi connectivity index (χ0) is 13.2. The lowest BCUT2D eigenvalue weighted by Crippen LogP contribution is -2.38. The second-order valence-corrected chi connectivity index (χ2v) is 5.88. The van der Waals surface area contributed by atoms with Crippen LogP contribution in [0.15, 0.2) is 6.20 Å². The molecular formula is C14H26N4. The topological polar surface area (TPSA) is 47.1 Å². The minimum absolute atomic E-state index is 0.555. The normalized spacial score (nSPS) is 20.2. The van der Waals surface area contributed by atoms with Gasteiger partial charge in [-0.05, 0) is 31.3 Å². The lowest BCUT2D eigenvalue weighted by molar-refractivity contribution is 0.107. The van der Waals surface area contributed by atoms with Gasteiger partial charge in [-0.25, -0.2) is 0 Å². The SMILES string of the molecule is CCC1(C)CCN(Cc2c(CN)cnn2C)CC1. The van der Waals surface area contributed by atoms with Crippen molar-refractivity contribution in [1.29, 1.82) is 0 Å². The maximum Gasteiger partial charge on any atom is 0.0565 e. The summed E-state index contributed by atoms with van der Waals surface area (Å²) in [5, 5.41) is 4.31. The van der Waals surface area contributed by atoms with Crippen LogP contribution in [0.2, 0.25) is 0 Å². The third kappa shape index (κ3) is 2.75. The fraction of sp³-hybridized carbons (Fsp3) is 0.786. The molecule has 1 aromatic heterocycles. The number of likely N-dealkylation sites (tertiary alicyclic amines) is 1. The van der Waals surface area contributed by atoms with E-state index in [1.54, 1.807) is 0 Å². The predicted octanol–water partition coefficient (Wildman–Crippen LogP) is 1.89. The monoisotopic (exact) mass is 250 g/mol. The second kappa shape index (κ2) is 5.41. The summed E-state index contributed by atoms with van der Waals surface area (Å²) in [5.74, 6) is 0. The molecule has 0 saturated carbocycles. The first-order valence-electron chi connectivity index (χ1n) is 7.00. The van der Waals surface area contributed by atoms with Crippen LogP contribution in [0.5, 0.6) is 0 Å². The fourth-order valence-electron chi connectivity index (χ4n) is 2.70. The van der Waals surface area contributed by atoms with Crippen LogP contribution in [0.25, 0.3) is 0 Å². The Labute approximate surface area is 110 Å². The summed E-state index contributed by atoms with van der Waals surface area (Å²) >= 11 is 0. The molecule has 1 fully saturated rings. The second-order valence-electron chi connectivity index (χ2n) is 5.88. The van der Waals surface area contributed by atoms with Gasteiger partial charge in [0.15, 0.2) is 0 Å². The number of nitrogens with two attached hydrogens (primary N) is 1. The van der Waals surface area contributed by atoms with Crippen LogP contribution in [0.4, 0.5) is 0 Å². The molecule has 18 heavy (non-hydrogen) atoms. The van der Waals surface area contributed by atoms with Crippen molar-refractivity contribution < 1.29 is 0 Å². The van der Waals surface area contributed by atoms with Crippen LogP contribution >= 0.6 is 0 Å². The van der Waals surface area contributed by atoms with Gasteiger partial charge in [-0.15, -0.1) is 0 Å². The van der Waals surface area contributed by atoms with Crippen LogP contribution in [0.3, 0.4) is 0 Å². The quantitative estimate of drug-likeness (QED) is 0.887. The van der Waals surface area contributed by atoms with Crippen molar-refractivity contribution in [2.45, 2.75) is 46.2 Å². The number of nitrogens with zero attached hydrogens (tertiary/aromatic N) is 3. The summed E-state index contributed by atoms with van der Waals surface area (Å²) in [4.78, 5) is 2.54. The molecule has 0 bridgehead atoms. The average molecular weight is 250 g/mol. The molecule has 4 heteroatoms. The minimum Gasteiger partial charge on any atom is -0.326 e. The van der Waals surface area contributed by atoms with Gasteiger partial charge in [-0.3, -0.25) is 9.58 Å². The highest BCUT2D eigenvalue weighted by molar-refractivity contribution is 5.17. The molecule has 0 amide bonds. The van der Waals surface area contributed by atoms with Crippen LogP contribution < -0.4 is 5.73 Å². The van der Waals surface area contributed by atoms with Gasteiger partial charge in [0.1, 0.15) is 0 Å². The molecule has 1 aromatic rings. The number of piperidine rings is 1. The van der Waals surface area contributed by atoms with Crippen molar-refractivity contribution in [1.82, 2.24) is 14.7 Å². The minimum atomic E-state index is 0.555. The van der Waals surface area contributed by atoms with Gasteiger partial charge in [0, 0.05) is 25.7 Å². The Morgan fingerprint density at radius 3 is 2.61 bits per heavy atom. The summed E-state index contributed by atoms with van der Waals surface area (Å²) in [6.07, 6.45) is 5.80. The van der Waals surface area contributed by atoms with Crippen LogP contribution in [-0.4, -0.2) is 27.8 Å². The predicted molar refractivity (Wildman–Crippen MR) is 74.0 cm³/mol. The fourth-order valence-corrected chi connectivity index (χ4v) is 2.70. The highest BCUT2D eigenvalue weighted by Crippen LogP contribution is 2.34. The molecule has 1 aliphatic rings. The first-order valence-corrected chi connectivity index (χ1v) is 7.00. The number of hydrogen-bond acceptors (Lipinski definition) is 3. The first kappa shape index (κ1) is 13.6. The standard InChI is InChI=1S/C14H26N4/c1-4-14(2)5-7-18(8-6-14)11-13-12(9-15)10-16-17(13)3/h10H,4-9,11,15H2,1-3H3. The Balaban J connectivity index is 1.97. The Morgan fingerprint density at radius 2 is 2.06 bits per heavy atom. The van der Waals surface area contributed by atoms with Gasteiger partial charge < -0.3 is 5.73 Å². The maximum absolute atomic E-state index is 5.76. The van der Waals surface area contributed by atoms with Crippen LogP contribution in [-0.2, 0) is 20.1 Å². The zero-order valence-corrected chi connectivity index (χ0v) is 11.9. The summed E-state index contributed by atoms with van der Waals surface area (Å²) in [5.41, 5.74) is 8.77. The summed E-state index contributed by atoms with van der Waals surface area (Å²) in [6, 6.07) is 0. The summed E-state index contributed by atoms with van der Waals surface area (Å²) in [7, 11) is 2.01. The van der Waals surface area contributed by atoms with Gasteiger partial charge in [0.2, 0.25) is 0 Å². The Bertz CT molecular complexity index is 388. The number of hydrogen-bond donors (Lipinski definition) is 1. The highest BCUT2D eigenvalue weighted by Gasteiger charge is 2.28. The molecule has 0 spiro atoms. The Hall–Kier alpha value is -0.870. The third-order valence-corrected chi connectivity index (χ3v) is 4.66. The molecule has 2 heterocycles. The smallest absolute Gasteiger partial charge is 0.0565 e. The zero-order valence-electron chi connectivity index (χ0n) is 11.9. The molecule has 0 atom stereocenters. The van der Waals surface area contributed by atoms with Crippen LogP contribution in [0.1, 0.15) is 44.4 Å². The van der Waals surface area contributed by atoms with Crippen LogP contribution in [0, 0.1) is 5.41 Å². The molecule has 2 rings (SSSR count). The van der Waals surface area contributed by atoms with Crippen molar-refractivity contribution in [3.05, 3.63) is 17.5 Å². The van der Waals surface area contributed by atoms with E-state index >= 15 is 0 Å². The van der Waals surface area contributed by atoms with E-state index in [4.69, 9.17) is 5.73 Å². The maximum atomic E-state index is 5.76. The van der Waals surface area contributed by atoms with E-state index in [0.717, 1.165) is 6.54 Å². The molecule has 0 unspecified atom stereocenters. The van der Waals surface area contributed by atoms with E-state index in [-0.39, 0.29) is 0 Å². The molecule has 4 nitrogen and oxygen atoms in total. The van der Waals surface area contributed by atoms with E-state index in [1.807, 2.05) is 17.9 Å². The Kier molecular flexibility index (Phi) is 4.07. The lowest BCUT2D eigenvalue weighted by Gasteiger charge is -2.39. The summed E-state index contributed by atoms with van der Waals surface area (Å²) in [6.45, 7) is 8.69. The molecular weight excluding hydrogens is 224 g/mol. The highest BCUT2D eigenvalue weighted by atomic mass is 15.3. The molecule has 0 aliphatic carbocycles. The van der Waals surface area contributed by atoms with E-state index < -0.39 is 0 Å². The molecule has 1 aliphatic heterocycles. The van der Waals surface area contributed by atoms with Crippen molar-refractivity contribution in [3.63, 3.8) is 0 Å². The molecule has 1 saturated heterocycles. The van der Waals surface area contributed by atoms with Crippen molar-refractivity contribution >= 4 is 0 Å². The first-order chi connectivity index (χ1) is 8.58. The molecule has 2 N–H and O–H groups in total. The van der Waals surface area contributed by atoms with Gasteiger partial charge in [0.05, 0.1) is 11.9 Å². The summed E-state index contributed by atoms with van der Waals surface area (Å²) < 4.78 is 1.97.